The van der Waals surface area contributed by atoms with Gasteiger partial charge >= 0.3 is 0 Å². The number of aromatic nitrogens is 5. The van der Waals surface area contributed by atoms with E-state index in [-0.39, 0.29) is 0 Å². The lowest BCUT2D eigenvalue weighted by atomic mass is 10.7. The van der Waals surface area contributed by atoms with Gasteiger partial charge in [0.15, 0.2) is 3.92 Å². The Hall–Kier alpha value is -0.820. The van der Waals surface area contributed by atoms with Crippen molar-refractivity contribution in [1.82, 2.24) is 25.0 Å². The van der Waals surface area contributed by atoms with E-state index in [4.69, 9.17) is 0 Å². The Labute approximate surface area is 87.0 Å². The van der Waals surface area contributed by atoms with Crippen LogP contribution < -0.4 is 0 Å². The minimum atomic E-state index is 0.727. The zero-order valence-corrected chi connectivity index (χ0v) is 9.42. The molecule has 0 bridgehead atoms. The Kier molecular flexibility index (Phi) is 2.12. The van der Waals surface area contributed by atoms with Gasteiger partial charge in [-0.15, -0.1) is 15.3 Å². The Morgan fingerprint density at radius 2 is 2.08 bits per heavy atom. The first-order valence-electron chi connectivity index (χ1n) is 3.56. The summed E-state index contributed by atoms with van der Waals surface area (Å²) in [4.78, 5) is 4.17. The molecule has 0 aliphatic rings. The van der Waals surface area contributed by atoms with Crippen LogP contribution in [0.4, 0.5) is 0 Å². The van der Waals surface area contributed by atoms with Crippen molar-refractivity contribution in [2.75, 3.05) is 0 Å². The summed E-state index contributed by atoms with van der Waals surface area (Å²) in [5.74, 6) is 1.56. The molecule has 0 saturated carbocycles. The molecule has 0 fully saturated rings. The molecule has 0 unspecified atom stereocenters. The van der Waals surface area contributed by atoms with Gasteiger partial charge in [-0.1, -0.05) is 11.3 Å². The monoisotopic (exact) mass is 259 g/mol. The van der Waals surface area contributed by atoms with Gasteiger partial charge in [-0.3, -0.25) is 0 Å². The third-order valence-electron chi connectivity index (χ3n) is 1.45. The summed E-state index contributed by atoms with van der Waals surface area (Å²) >= 11 is 4.67. The van der Waals surface area contributed by atoms with Crippen LogP contribution in [0.5, 0.6) is 0 Å². The Morgan fingerprint density at radius 1 is 1.31 bits per heavy atom. The van der Waals surface area contributed by atoms with Crippen LogP contribution >= 0.6 is 27.3 Å². The normalized spacial score (nSPS) is 10.7. The predicted molar refractivity (Wildman–Crippen MR) is 52.0 cm³/mol. The number of halogens is 1. The number of hydrogen-bond donors (Lipinski definition) is 0. The van der Waals surface area contributed by atoms with Crippen molar-refractivity contribution in [3.8, 4) is 5.13 Å². The summed E-state index contributed by atoms with van der Waals surface area (Å²) in [5.41, 5.74) is 0. The number of nitrogens with zero attached hydrogens (tertiary/aromatic N) is 5. The molecule has 0 atom stereocenters. The zero-order chi connectivity index (χ0) is 9.42. The SMILES string of the molecule is Cc1nc(C)n(-c2nnc(Br)s2)n1. The van der Waals surface area contributed by atoms with E-state index in [0.717, 1.165) is 20.7 Å². The molecule has 2 aromatic heterocycles. The molecule has 0 aromatic carbocycles. The van der Waals surface area contributed by atoms with Gasteiger partial charge in [0.05, 0.1) is 0 Å². The Balaban J connectivity index is 2.51. The fourth-order valence-electron chi connectivity index (χ4n) is 0.986. The summed E-state index contributed by atoms with van der Waals surface area (Å²) in [6.07, 6.45) is 0. The molecule has 2 rings (SSSR count). The molecule has 68 valence electrons. The summed E-state index contributed by atoms with van der Waals surface area (Å²) < 4.78 is 2.42. The lowest BCUT2D eigenvalue weighted by Gasteiger charge is -1.92. The van der Waals surface area contributed by atoms with E-state index in [0.29, 0.717) is 0 Å². The number of rotatable bonds is 1. The molecule has 7 heteroatoms. The van der Waals surface area contributed by atoms with Crippen LogP contribution in [0.2, 0.25) is 0 Å². The third-order valence-corrected chi connectivity index (χ3v) is 2.78. The highest BCUT2D eigenvalue weighted by atomic mass is 79.9. The van der Waals surface area contributed by atoms with Gasteiger partial charge in [0.25, 0.3) is 0 Å². The largest absolute Gasteiger partial charge is 0.235 e. The summed E-state index contributed by atoms with van der Waals surface area (Å²) in [5, 5.41) is 12.7. The highest BCUT2D eigenvalue weighted by Gasteiger charge is 2.09. The minimum Gasteiger partial charge on any atom is -0.217 e. The molecule has 5 nitrogen and oxygen atoms in total. The fourth-order valence-corrected chi connectivity index (χ4v) is 2.07. The smallest absolute Gasteiger partial charge is 0.217 e. The molecule has 0 saturated heterocycles. The number of aryl methyl sites for hydroxylation is 2. The van der Waals surface area contributed by atoms with Crippen LogP contribution in [-0.4, -0.2) is 25.0 Å². The van der Waals surface area contributed by atoms with E-state index in [9.17, 15) is 0 Å². The molecule has 2 heterocycles. The van der Waals surface area contributed by atoms with E-state index < -0.39 is 0 Å². The van der Waals surface area contributed by atoms with Gasteiger partial charge < -0.3 is 0 Å². The minimum absolute atomic E-state index is 0.727. The van der Waals surface area contributed by atoms with Crippen LogP contribution in [-0.2, 0) is 0 Å². The summed E-state index contributed by atoms with van der Waals surface area (Å²) in [6, 6.07) is 0. The van der Waals surface area contributed by atoms with E-state index in [1.807, 2.05) is 13.8 Å². The second-order valence-electron chi connectivity index (χ2n) is 2.46. The third kappa shape index (κ3) is 1.61. The Bertz CT molecular complexity index is 434. The van der Waals surface area contributed by atoms with Crippen LogP contribution in [0.3, 0.4) is 0 Å². The second kappa shape index (κ2) is 3.15. The van der Waals surface area contributed by atoms with E-state index in [1.54, 1.807) is 4.68 Å². The van der Waals surface area contributed by atoms with E-state index in [1.165, 1.54) is 11.3 Å². The van der Waals surface area contributed by atoms with Gasteiger partial charge in [-0.05, 0) is 29.8 Å². The van der Waals surface area contributed by atoms with Crippen molar-refractivity contribution in [2.24, 2.45) is 0 Å². The fraction of sp³-hybridized carbons (Fsp3) is 0.333. The van der Waals surface area contributed by atoms with Crippen molar-refractivity contribution < 1.29 is 0 Å². The average molecular weight is 260 g/mol. The summed E-state index contributed by atoms with van der Waals surface area (Å²) in [7, 11) is 0. The molecule has 0 aliphatic heterocycles. The van der Waals surface area contributed by atoms with E-state index in [2.05, 4.69) is 36.2 Å². The van der Waals surface area contributed by atoms with Crippen molar-refractivity contribution in [3.63, 3.8) is 0 Å². The first-order valence-corrected chi connectivity index (χ1v) is 5.17. The second-order valence-corrected chi connectivity index (χ2v) is 4.69. The van der Waals surface area contributed by atoms with Crippen LogP contribution in [0.1, 0.15) is 11.6 Å². The highest BCUT2D eigenvalue weighted by Crippen LogP contribution is 2.19. The summed E-state index contributed by atoms with van der Waals surface area (Å²) in [6.45, 7) is 3.73. The maximum atomic E-state index is 4.19. The van der Waals surface area contributed by atoms with Gasteiger partial charge in [-0.2, -0.15) is 4.68 Å². The number of hydrogen-bond acceptors (Lipinski definition) is 5. The topological polar surface area (TPSA) is 56.5 Å². The van der Waals surface area contributed by atoms with Crippen molar-refractivity contribution >= 4 is 27.3 Å². The maximum absolute atomic E-state index is 4.19. The molecule has 0 N–H and O–H groups in total. The first kappa shape index (κ1) is 8.76. The standard InChI is InChI=1S/C6H6BrN5S/c1-3-8-4(2)12(11-3)6-10-9-5(7)13-6/h1-2H3. The molecule has 0 amide bonds. The average Bonchev–Trinajstić information content (AvgIpc) is 2.58. The quantitative estimate of drug-likeness (QED) is 0.779. The Morgan fingerprint density at radius 3 is 2.54 bits per heavy atom. The maximum Gasteiger partial charge on any atom is 0.235 e. The highest BCUT2D eigenvalue weighted by molar-refractivity contribution is 9.11. The van der Waals surface area contributed by atoms with Gasteiger partial charge in [-0.25, -0.2) is 4.98 Å². The van der Waals surface area contributed by atoms with Crippen LogP contribution in [0.25, 0.3) is 5.13 Å². The van der Waals surface area contributed by atoms with Crippen molar-refractivity contribution in [2.45, 2.75) is 13.8 Å². The predicted octanol–water partition coefficient (Wildman–Crippen LogP) is 1.50. The van der Waals surface area contributed by atoms with Crippen molar-refractivity contribution in [1.29, 1.82) is 0 Å². The lowest BCUT2D eigenvalue weighted by Crippen LogP contribution is -1.98. The molecular weight excluding hydrogens is 254 g/mol. The molecule has 0 radical (unpaired) electrons. The zero-order valence-electron chi connectivity index (χ0n) is 7.02. The van der Waals surface area contributed by atoms with Gasteiger partial charge in [0, 0.05) is 0 Å². The molecule has 13 heavy (non-hydrogen) atoms. The molecule has 0 spiro atoms. The lowest BCUT2D eigenvalue weighted by molar-refractivity contribution is 0.805. The van der Waals surface area contributed by atoms with E-state index >= 15 is 0 Å². The first-order chi connectivity index (χ1) is 6.16. The van der Waals surface area contributed by atoms with Gasteiger partial charge in [0.1, 0.15) is 11.6 Å². The van der Waals surface area contributed by atoms with Crippen molar-refractivity contribution in [3.05, 3.63) is 15.6 Å². The van der Waals surface area contributed by atoms with Crippen LogP contribution in [0.15, 0.2) is 3.92 Å². The molecule has 0 aliphatic carbocycles. The van der Waals surface area contributed by atoms with Gasteiger partial charge in [0.2, 0.25) is 5.13 Å². The van der Waals surface area contributed by atoms with Crippen LogP contribution in [0, 0.1) is 13.8 Å². The molecular formula is C6H6BrN5S. The molecule has 2 aromatic rings.